The van der Waals surface area contributed by atoms with Crippen LogP contribution < -0.4 is 0 Å². The summed E-state index contributed by atoms with van der Waals surface area (Å²) in [4.78, 5) is 0. The molecule has 0 aliphatic heterocycles. The van der Waals surface area contributed by atoms with E-state index in [2.05, 4.69) is 6.07 Å². The monoisotopic (exact) mass is 365 g/mol. The van der Waals surface area contributed by atoms with Crippen LogP contribution in [0.25, 0.3) is 11.1 Å². The van der Waals surface area contributed by atoms with Gasteiger partial charge in [-0.25, -0.2) is 4.39 Å². The van der Waals surface area contributed by atoms with Gasteiger partial charge in [-0.1, -0.05) is 6.07 Å². The molecule has 2 aromatic rings. The molecule has 93 valence electrons. The first-order valence-electron chi connectivity index (χ1n) is 4.92. The van der Waals surface area contributed by atoms with Crippen molar-refractivity contribution in [1.29, 1.82) is 0 Å². The van der Waals surface area contributed by atoms with Crippen LogP contribution in [0.2, 0.25) is 0 Å². The number of hydrogen-bond donors (Lipinski definition) is 0. The highest BCUT2D eigenvalue weighted by Crippen LogP contribution is 2.33. The third-order valence-electron chi connectivity index (χ3n) is 2.38. The van der Waals surface area contributed by atoms with E-state index >= 15 is 0 Å². The number of halogens is 5. The molecule has 0 N–H and O–H groups in total. The SMILES string of the molecule is Fc1ccc(C(F)(F)F)cc1-c1c[c]c(I)cc1. The zero-order valence-corrected chi connectivity index (χ0v) is 11.0. The van der Waals surface area contributed by atoms with E-state index in [9.17, 15) is 17.6 Å². The molecule has 0 heterocycles. The summed E-state index contributed by atoms with van der Waals surface area (Å²) < 4.78 is 52.0. The molecule has 0 aliphatic carbocycles. The molecule has 0 amide bonds. The largest absolute Gasteiger partial charge is 0.416 e. The summed E-state index contributed by atoms with van der Waals surface area (Å²) in [6.07, 6.45) is -4.48. The first-order chi connectivity index (χ1) is 8.38. The van der Waals surface area contributed by atoms with E-state index in [1.807, 2.05) is 22.6 Å². The van der Waals surface area contributed by atoms with Gasteiger partial charge < -0.3 is 0 Å². The second-order valence-corrected chi connectivity index (χ2v) is 4.78. The molecule has 1 radical (unpaired) electrons. The molecular weight excluding hydrogens is 359 g/mol. The van der Waals surface area contributed by atoms with Crippen LogP contribution in [-0.4, -0.2) is 0 Å². The third-order valence-corrected chi connectivity index (χ3v) is 3.05. The molecule has 0 unspecified atom stereocenters. The van der Waals surface area contributed by atoms with Crippen molar-refractivity contribution in [3.63, 3.8) is 0 Å². The van der Waals surface area contributed by atoms with Gasteiger partial charge in [-0.15, -0.1) is 0 Å². The Morgan fingerprint density at radius 2 is 1.78 bits per heavy atom. The molecule has 0 saturated heterocycles. The van der Waals surface area contributed by atoms with Gasteiger partial charge >= 0.3 is 6.18 Å². The molecular formula is C13H6F4I. The van der Waals surface area contributed by atoms with E-state index in [1.165, 1.54) is 6.07 Å². The Bertz CT molecular complexity index is 558. The lowest BCUT2D eigenvalue weighted by molar-refractivity contribution is -0.137. The van der Waals surface area contributed by atoms with Crippen LogP contribution in [-0.2, 0) is 6.18 Å². The maximum absolute atomic E-state index is 13.6. The lowest BCUT2D eigenvalue weighted by Gasteiger charge is -2.10. The van der Waals surface area contributed by atoms with Gasteiger partial charge in [0.05, 0.1) is 5.56 Å². The molecule has 0 bridgehead atoms. The first-order valence-corrected chi connectivity index (χ1v) is 6.00. The summed E-state index contributed by atoms with van der Waals surface area (Å²) in [7, 11) is 0. The summed E-state index contributed by atoms with van der Waals surface area (Å²) in [6.45, 7) is 0. The van der Waals surface area contributed by atoms with Crippen LogP contribution in [0.5, 0.6) is 0 Å². The van der Waals surface area contributed by atoms with Crippen molar-refractivity contribution in [3.8, 4) is 11.1 Å². The van der Waals surface area contributed by atoms with Crippen molar-refractivity contribution < 1.29 is 17.6 Å². The maximum atomic E-state index is 13.6. The predicted octanol–water partition coefficient (Wildman–Crippen LogP) is 4.92. The number of rotatable bonds is 1. The Hall–Kier alpha value is -1.11. The minimum absolute atomic E-state index is 0.0718. The van der Waals surface area contributed by atoms with Gasteiger partial charge in [-0.05, 0) is 64.6 Å². The van der Waals surface area contributed by atoms with E-state index in [0.717, 1.165) is 21.8 Å². The lowest BCUT2D eigenvalue weighted by Crippen LogP contribution is -2.05. The molecule has 0 fully saturated rings. The zero-order chi connectivity index (χ0) is 13.3. The molecule has 0 atom stereocenters. The number of alkyl halides is 3. The van der Waals surface area contributed by atoms with E-state index in [0.29, 0.717) is 5.56 Å². The van der Waals surface area contributed by atoms with E-state index < -0.39 is 17.6 Å². The molecule has 0 nitrogen and oxygen atoms in total. The molecule has 5 heteroatoms. The fourth-order valence-electron chi connectivity index (χ4n) is 1.50. The minimum Gasteiger partial charge on any atom is -0.206 e. The normalized spacial score (nSPS) is 11.6. The Balaban J connectivity index is 2.53. The van der Waals surface area contributed by atoms with Gasteiger partial charge in [-0.2, -0.15) is 13.2 Å². The standard InChI is InChI=1S/C13H6F4I/c14-12-6-3-9(13(15,16)17)7-11(12)8-1-4-10(18)5-2-8/h1-4,6-7H. The molecule has 18 heavy (non-hydrogen) atoms. The second-order valence-electron chi connectivity index (χ2n) is 3.62. The Morgan fingerprint density at radius 3 is 2.33 bits per heavy atom. The van der Waals surface area contributed by atoms with Crippen LogP contribution in [0.3, 0.4) is 0 Å². The Labute approximate surface area is 115 Å². The average Bonchev–Trinajstić information content (AvgIpc) is 2.29. The zero-order valence-electron chi connectivity index (χ0n) is 8.85. The summed E-state index contributed by atoms with van der Waals surface area (Å²) in [5.74, 6) is -0.683. The number of hydrogen-bond acceptors (Lipinski definition) is 0. The van der Waals surface area contributed by atoms with Crippen LogP contribution in [0.15, 0.2) is 36.4 Å². The van der Waals surface area contributed by atoms with E-state index in [-0.39, 0.29) is 5.56 Å². The van der Waals surface area contributed by atoms with Crippen molar-refractivity contribution in [2.75, 3.05) is 0 Å². The fraction of sp³-hybridized carbons (Fsp3) is 0.0769. The fourth-order valence-corrected chi connectivity index (χ4v) is 1.83. The smallest absolute Gasteiger partial charge is 0.206 e. The minimum atomic E-state index is -4.48. The second kappa shape index (κ2) is 4.87. The third kappa shape index (κ3) is 2.82. The van der Waals surface area contributed by atoms with Crippen molar-refractivity contribution in [2.24, 2.45) is 0 Å². The summed E-state index contributed by atoms with van der Waals surface area (Å²) >= 11 is 2.01. The summed E-state index contributed by atoms with van der Waals surface area (Å²) in [5.41, 5.74) is -0.561. The van der Waals surface area contributed by atoms with Gasteiger partial charge in [0.25, 0.3) is 0 Å². The first kappa shape index (κ1) is 13.3. The highest BCUT2D eigenvalue weighted by Gasteiger charge is 2.31. The summed E-state index contributed by atoms with van der Waals surface area (Å²) in [5, 5.41) is 0. The van der Waals surface area contributed by atoms with Crippen molar-refractivity contribution in [3.05, 3.63) is 57.4 Å². The molecule has 2 aromatic carbocycles. The van der Waals surface area contributed by atoms with Crippen molar-refractivity contribution in [2.45, 2.75) is 6.18 Å². The molecule has 0 aliphatic rings. The van der Waals surface area contributed by atoms with Gasteiger partial charge in [-0.3, -0.25) is 0 Å². The van der Waals surface area contributed by atoms with E-state index in [1.54, 1.807) is 12.1 Å². The van der Waals surface area contributed by atoms with E-state index in [4.69, 9.17) is 0 Å². The van der Waals surface area contributed by atoms with Crippen LogP contribution >= 0.6 is 22.6 Å². The molecule has 0 aromatic heterocycles. The van der Waals surface area contributed by atoms with Crippen LogP contribution in [0, 0.1) is 15.5 Å². The molecule has 0 saturated carbocycles. The van der Waals surface area contributed by atoms with Gasteiger partial charge in [0, 0.05) is 9.13 Å². The summed E-state index contributed by atoms with van der Waals surface area (Å²) in [6, 6.07) is 9.90. The Morgan fingerprint density at radius 1 is 1.06 bits per heavy atom. The average molecular weight is 365 g/mol. The maximum Gasteiger partial charge on any atom is 0.416 e. The Kier molecular flexibility index (Phi) is 3.61. The van der Waals surface area contributed by atoms with Crippen LogP contribution in [0.1, 0.15) is 5.56 Å². The highest BCUT2D eigenvalue weighted by molar-refractivity contribution is 14.1. The van der Waals surface area contributed by atoms with Gasteiger partial charge in [0.15, 0.2) is 0 Å². The van der Waals surface area contributed by atoms with Crippen molar-refractivity contribution in [1.82, 2.24) is 0 Å². The topological polar surface area (TPSA) is 0 Å². The van der Waals surface area contributed by atoms with Crippen molar-refractivity contribution >= 4 is 22.6 Å². The quantitative estimate of drug-likeness (QED) is 0.497. The lowest BCUT2D eigenvalue weighted by atomic mass is 10.0. The number of benzene rings is 2. The predicted molar refractivity (Wildman–Crippen MR) is 68.4 cm³/mol. The van der Waals surface area contributed by atoms with Gasteiger partial charge in [0.2, 0.25) is 0 Å². The molecule has 2 rings (SSSR count). The highest BCUT2D eigenvalue weighted by atomic mass is 127. The molecule has 0 spiro atoms. The van der Waals surface area contributed by atoms with Crippen LogP contribution in [0.4, 0.5) is 17.6 Å². The van der Waals surface area contributed by atoms with Gasteiger partial charge in [0.1, 0.15) is 5.82 Å².